The van der Waals surface area contributed by atoms with Gasteiger partial charge in [-0.15, -0.1) is 0 Å². The number of nitrogens with one attached hydrogen (secondary N) is 1. The fourth-order valence-corrected chi connectivity index (χ4v) is 2.38. The number of carbonyl (C=O) groups is 2. The van der Waals surface area contributed by atoms with Crippen molar-refractivity contribution in [3.05, 3.63) is 27.7 Å². The Labute approximate surface area is 133 Å². The van der Waals surface area contributed by atoms with Crippen molar-refractivity contribution in [1.82, 2.24) is 4.90 Å². The van der Waals surface area contributed by atoms with Crippen LogP contribution in [0, 0.1) is 5.41 Å². The summed E-state index contributed by atoms with van der Waals surface area (Å²) in [5.74, 6) is -1.14. The van der Waals surface area contributed by atoms with Crippen molar-refractivity contribution < 1.29 is 14.7 Å². The van der Waals surface area contributed by atoms with Crippen LogP contribution in [0.15, 0.2) is 12.1 Å². The zero-order valence-electron chi connectivity index (χ0n) is 12.3. The van der Waals surface area contributed by atoms with Crippen LogP contribution in [-0.2, 0) is 0 Å². The van der Waals surface area contributed by atoms with E-state index in [-0.39, 0.29) is 32.7 Å². The molecule has 2 amide bonds. The number of anilines is 1. The molecule has 2 N–H and O–H groups in total. The second-order valence-corrected chi connectivity index (χ2v) is 6.78. The molecule has 0 saturated heterocycles. The molecule has 21 heavy (non-hydrogen) atoms. The predicted octanol–water partition coefficient (Wildman–Crippen LogP) is 4.20. The average molecular weight is 333 g/mol. The number of amides is 2. The van der Waals surface area contributed by atoms with E-state index in [9.17, 15) is 9.59 Å². The van der Waals surface area contributed by atoms with E-state index in [2.05, 4.69) is 5.32 Å². The first kappa shape index (κ1) is 17.6. The maximum Gasteiger partial charge on any atom is 0.335 e. The molecule has 0 aliphatic rings. The predicted molar refractivity (Wildman–Crippen MR) is 84.5 cm³/mol. The van der Waals surface area contributed by atoms with Crippen LogP contribution in [0.3, 0.4) is 0 Å². The van der Waals surface area contributed by atoms with E-state index in [0.717, 1.165) is 0 Å². The summed E-state index contributed by atoms with van der Waals surface area (Å²) in [6.45, 7) is 6.58. The molecule has 1 aromatic rings. The molecular formula is C14H18Cl2N2O3. The highest BCUT2D eigenvalue weighted by Gasteiger charge is 2.20. The Bertz CT molecular complexity index is 545. The van der Waals surface area contributed by atoms with Crippen LogP contribution in [0.4, 0.5) is 10.5 Å². The number of benzene rings is 1. The molecule has 0 fully saturated rings. The molecule has 0 aliphatic carbocycles. The van der Waals surface area contributed by atoms with E-state index in [4.69, 9.17) is 28.3 Å². The fourth-order valence-electron chi connectivity index (χ4n) is 1.80. The standard InChI is InChI=1S/C14H18Cl2N2O3/c1-14(2,3)7-18(4)13(21)17-11-9(15)5-8(12(19)20)6-10(11)16/h5-6H,7H2,1-4H3,(H,17,21)(H,19,20). The molecule has 1 rings (SSSR count). The number of hydrogen-bond donors (Lipinski definition) is 2. The smallest absolute Gasteiger partial charge is 0.335 e. The first-order valence-electron chi connectivity index (χ1n) is 6.26. The summed E-state index contributed by atoms with van der Waals surface area (Å²) in [5.41, 5.74) is 0.118. The highest BCUT2D eigenvalue weighted by atomic mass is 35.5. The molecule has 0 aromatic heterocycles. The largest absolute Gasteiger partial charge is 0.478 e. The van der Waals surface area contributed by atoms with Gasteiger partial charge in [-0.2, -0.15) is 0 Å². The molecule has 0 spiro atoms. The van der Waals surface area contributed by atoms with E-state index in [1.165, 1.54) is 17.0 Å². The third kappa shape index (κ3) is 5.10. The fraction of sp³-hybridized carbons (Fsp3) is 0.429. The lowest BCUT2D eigenvalue weighted by atomic mass is 9.96. The van der Waals surface area contributed by atoms with E-state index >= 15 is 0 Å². The van der Waals surface area contributed by atoms with Crippen molar-refractivity contribution in [2.24, 2.45) is 5.41 Å². The van der Waals surface area contributed by atoms with E-state index in [1.807, 2.05) is 20.8 Å². The van der Waals surface area contributed by atoms with Gasteiger partial charge in [0.2, 0.25) is 0 Å². The number of urea groups is 1. The van der Waals surface area contributed by atoms with Crippen molar-refractivity contribution in [2.45, 2.75) is 20.8 Å². The SMILES string of the molecule is CN(CC(C)(C)C)C(=O)Nc1c(Cl)cc(C(=O)O)cc1Cl. The van der Waals surface area contributed by atoms with Crippen molar-refractivity contribution in [2.75, 3.05) is 18.9 Å². The monoisotopic (exact) mass is 332 g/mol. The zero-order valence-corrected chi connectivity index (χ0v) is 13.8. The van der Waals surface area contributed by atoms with Crippen LogP contribution in [0.2, 0.25) is 10.0 Å². The molecule has 0 saturated carbocycles. The van der Waals surface area contributed by atoms with Gasteiger partial charge in [0.25, 0.3) is 0 Å². The number of rotatable bonds is 3. The van der Waals surface area contributed by atoms with Crippen molar-refractivity contribution in [3.8, 4) is 0 Å². The van der Waals surface area contributed by atoms with Crippen LogP contribution < -0.4 is 5.32 Å². The van der Waals surface area contributed by atoms with Gasteiger partial charge in [0.05, 0.1) is 21.3 Å². The van der Waals surface area contributed by atoms with Crippen LogP contribution in [0.1, 0.15) is 31.1 Å². The van der Waals surface area contributed by atoms with Gasteiger partial charge in [0.1, 0.15) is 0 Å². The Balaban J connectivity index is 2.93. The molecule has 0 atom stereocenters. The number of carbonyl (C=O) groups excluding carboxylic acids is 1. The lowest BCUT2D eigenvalue weighted by molar-refractivity contribution is 0.0697. The zero-order chi connectivity index (χ0) is 16.4. The first-order chi connectivity index (χ1) is 9.51. The molecule has 1 aromatic carbocycles. The molecule has 0 bridgehead atoms. The second kappa shape index (κ2) is 6.54. The number of carboxylic acid groups (broad SMARTS) is 1. The Kier molecular flexibility index (Phi) is 5.48. The topological polar surface area (TPSA) is 69.6 Å². The molecule has 0 aliphatic heterocycles. The van der Waals surface area contributed by atoms with E-state index in [0.29, 0.717) is 6.54 Å². The summed E-state index contributed by atoms with van der Waals surface area (Å²) in [6.07, 6.45) is 0. The van der Waals surface area contributed by atoms with Crippen LogP contribution in [0.25, 0.3) is 0 Å². The highest BCUT2D eigenvalue weighted by molar-refractivity contribution is 6.40. The molecule has 116 valence electrons. The summed E-state index contributed by atoms with van der Waals surface area (Å²) < 4.78 is 0. The number of hydrogen-bond acceptors (Lipinski definition) is 2. The average Bonchev–Trinajstić information content (AvgIpc) is 2.30. The van der Waals surface area contributed by atoms with Gasteiger partial charge in [-0.05, 0) is 17.5 Å². The number of carboxylic acids is 1. The van der Waals surface area contributed by atoms with Crippen LogP contribution in [0.5, 0.6) is 0 Å². The Morgan fingerprint density at radius 2 is 1.71 bits per heavy atom. The second-order valence-electron chi connectivity index (χ2n) is 5.97. The van der Waals surface area contributed by atoms with Crippen molar-refractivity contribution in [1.29, 1.82) is 0 Å². The molecule has 0 radical (unpaired) electrons. The molecule has 0 unspecified atom stereocenters. The highest BCUT2D eigenvalue weighted by Crippen LogP contribution is 2.32. The van der Waals surface area contributed by atoms with Gasteiger partial charge in [0.15, 0.2) is 0 Å². The maximum atomic E-state index is 12.1. The Hall–Kier alpha value is -1.46. The van der Waals surface area contributed by atoms with Gasteiger partial charge in [-0.25, -0.2) is 9.59 Å². The summed E-state index contributed by atoms with van der Waals surface area (Å²) >= 11 is 12.0. The van der Waals surface area contributed by atoms with Gasteiger partial charge < -0.3 is 15.3 Å². The minimum atomic E-state index is -1.14. The molecule has 0 heterocycles. The van der Waals surface area contributed by atoms with Gasteiger partial charge in [-0.1, -0.05) is 44.0 Å². The molecule has 5 nitrogen and oxygen atoms in total. The molecular weight excluding hydrogens is 315 g/mol. The van der Waals surface area contributed by atoms with E-state index in [1.54, 1.807) is 7.05 Å². The summed E-state index contributed by atoms with van der Waals surface area (Å²) in [5, 5.41) is 11.7. The quantitative estimate of drug-likeness (QED) is 0.871. The summed E-state index contributed by atoms with van der Waals surface area (Å²) in [4.78, 5) is 24.5. The lowest BCUT2D eigenvalue weighted by Crippen LogP contribution is -2.37. The van der Waals surface area contributed by atoms with Gasteiger partial charge in [-0.3, -0.25) is 0 Å². The minimum Gasteiger partial charge on any atom is -0.478 e. The van der Waals surface area contributed by atoms with E-state index < -0.39 is 5.97 Å². The van der Waals surface area contributed by atoms with Gasteiger partial charge in [0, 0.05) is 13.6 Å². The summed E-state index contributed by atoms with van der Waals surface area (Å²) in [7, 11) is 1.66. The third-order valence-electron chi connectivity index (χ3n) is 2.58. The normalized spacial score (nSPS) is 11.1. The third-order valence-corrected chi connectivity index (χ3v) is 3.18. The van der Waals surface area contributed by atoms with Crippen LogP contribution in [-0.4, -0.2) is 35.6 Å². The number of halogens is 2. The number of aromatic carboxylic acids is 1. The number of nitrogens with zero attached hydrogens (tertiary/aromatic N) is 1. The minimum absolute atomic E-state index is 0.0361. The van der Waals surface area contributed by atoms with Gasteiger partial charge >= 0.3 is 12.0 Å². The van der Waals surface area contributed by atoms with Crippen LogP contribution >= 0.6 is 23.2 Å². The van der Waals surface area contributed by atoms with Crippen molar-refractivity contribution >= 4 is 40.9 Å². The lowest BCUT2D eigenvalue weighted by Gasteiger charge is -2.27. The Morgan fingerprint density at radius 3 is 2.10 bits per heavy atom. The van der Waals surface area contributed by atoms with Crippen molar-refractivity contribution in [3.63, 3.8) is 0 Å². The maximum absolute atomic E-state index is 12.1. The summed E-state index contributed by atoms with van der Waals surface area (Å²) in [6, 6.07) is 2.13. The Morgan fingerprint density at radius 1 is 1.24 bits per heavy atom. The first-order valence-corrected chi connectivity index (χ1v) is 7.01. The molecule has 7 heteroatoms.